The molecule has 0 aromatic heterocycles. The second kappa shape index (κ2) is 5.97. The third-order valence-electron chi connectivity index (χ3n) is 1.67. The average molecular weight is 200 g/mol. The van der Waals surface area contributed by atoms with E-state index in [2.05, 4.69) is 0 Å². The van der Waals surface area contributed by atoms with Crippen molar-refractivity contribution >= 4 is 11.6 Å². The van der Waals surface area contributed by atoms with Gasteiger partial charge in [-0.05, 0) is 5.56 Å². The van der Waals surface area contributed by atoms with Crippen LogP contribution in [-0.4, -0.2) is 18.5 Å². The molecule has 72 valence electrons. The van der Waals surface area contributed by atoms with E-state index in [1.165, 1.54) is 0 Å². The number of hydrogen-bond donors (Lipinski definition) is 1. The topological polar surface area (TPSA) is 35.2 Å². The van der Waals surface area contributed by atoms with E-state index in [1.54, 1.807) is 0 Å². The SMILES string of the molecule is NC[C@@H](Cl)COCc1ccccc1. The summed E-state index contributed by atoms with van der Waals surface area (Å²) in [5.41, 5.74) is 6.50. The summed E-state index contributed by atoms with van der Waals surface area (Å²) in [5, 5.41) is -0.0799. The van der Waals surface area contributed by atoms with Gasteiger partial charge in [0.1, 0.15) is 0 Å². The first-order valence-electron chi connectivity index (χ1n) is 4.28. The number of ether oxygens (including phenoxy) is 1. The summed E-state index contributed by atoms with van der Waals surface area (Å²) in [5.74, 6) is 0. The molecule has 0 aliphatic rings. The molecular weight excluding hydrogens is 186 g/mol. The minimum atomic E-state index is -0.0799. The molecule has 1 aromatic carbocycles. The Labute approximate surface area is 83.6 Å². The van der Waals surface area contributed by atoms with E-state index < -0.39 is 0 Å². The van der Waals surface area contributed by atoms with E-state index in [4.69, 9.17) is 22.1 Å². The van der Waals surface area contributed by atoms with Crippen molar-refractivity contribution in [2.45, 2.75) is 12.0 Å². The van der Waals surface area contributed by atoms with Crippen molar-refractivity contribution in [2.75, 3.05) is 13.2 Å². The third kappa shape index (κ3) is 4.27. The number of benzene rings is 1. The zero-order valence-corrected chi connectivity index (χ0v) is 8.20. The van der Waals surface area contributed by atoms with E-state index in [9.17, 15) is 0 Å². The van der Waals surface area contributed by atoms with Gasteiger partial charge in [0.05, 0.1) is 18.6 Å². The van der Waals surface area contributed by atoms with Crippen LogP contribution in [0.15, 0.2) is 30.3 Å². The molecule has 2 N–H and O–H groups in total. The van der Waals surface area contributed by atoms with Crippen molar-refractivity contribution in [3.63, 3.8) is 0 Å². The van der Waals surface area contributed by atoms with Crippen LogP contribution in [0.25, 0.3) is 0 Å². The fraction of sp³-hybridized carbons (Fsp3) is 0.400. The van der Waals surface area contributed by atoms with Crippen molar-refractivity contribution < 1.29 is 4.74 Å². The average Bonchev–Trinajstić information content (AvgIpc) is 2.19. The quantitative estimate of drug-likeness (QED) is 0.734. The second-order valence-electron chi connectivity index (χ2n) is 2.83. The molecule has 0 spiro atoms. The molecule has 0 unspecified atom stereocenters. The van der Waals surface area contributed by atoms with E-state index >= 15 is 0 Å². The summed E-state index contributed by atoms with van der Waals surface area (Å²) < 4.78 is 5.36. The smallest absolute Gasteiger partial charge is 0.0717 e. The van der Waals surface area contributed by atoms with Gasteiger partial charge in [-0.1, -0.05) is 30.3 Å². The van der Waals surface area contributed by atoms with Crippen LogP contribution in [0, 0.1) is 0 Å². The van der Waals surface area contributed by atoms with Gasteiger partial charge in [0.15, 0.2) is 0 Å². The molecule has 3 heteroatoms. The van der Waals surface area contributed by atoms with Gasteiger partial charge in [-0.2, -0.15) is 0 Å². The maximum atomic E-state index is 5.78. The highest BCUT2D eigenvalue weighted by molar-refractivity contribution is 6.20. The molecule has 13 heavy (non-hydrogen) atoms. The fourth-order valence-corrected chi connectivity index (χ4v) is 1.04. The third-order valence-corrected chi connectivity index (χ3v) is 1.97. The summed E-state index contributed by atoms with van der Waals surface area (Å²) in [7, 11) is 0. The Morgan fingerprint density at radius 3 is 2.62 bits per heavy atom. The number of halogens is 1. The molecule has 0 heterocycles. The van der Waals surface area contributed by atoms with Gasteiger partial charge in [-0.3, -0.25) is 0 Å². The zero-order chi connectivity index (χ0) is 9.52. The predicted molar refractivity (Wildman–Crippen MR) is 54.8 cm³/mol. The lowest BCUT2D eigenvalue weighted by Crippen LogP contribution is -2.19. The van der Waals surface area contributed by atoms with Crippen molar-refractivity contribution in [1.29, 1.82) is 0 Å². The number of hydrogen-bond acceptors (Lipinski definition) is 2. The van der Waals surface area contributed by atoms with Gasteiger partial charge < -0.3 is 10.5 Å². The lowest BCUT2D eigenvalue weighted by atomic mass is 10.2. The van der Waals surface area contributed by atoms with E-state index in [-0.39, 0.29) is 5.38 Å². The number of rotatable bonds is 5. The molecule has 1 atom stereocenters. The number of alkyl halides is 1. The van der Waals surface area contributed by atoms with Gasteiger partial charge in [0, 0.05) is 6.54 Å². The molecule has 1 aromatic rings. The molecule has 2 nitrogen and oxygen atoms in total. The molecule has 0 saturated heterocycles. The zero-order valence-electron chi connectivity index (χ0n) is 7.45. The highest BCUT2D eigenvalue weighted by Crippen LogP contribution is 2.02. The monoisotopic (exact) mass is 199 g/mol. The van der Waals surface area contributed by atoms with Gasteiger partial charge in [-0.25, -0.2) is 0 Å². The Kier molecular flexibility index (Phi) is 4.83. The largest absolute Gasteiger partial charge is 0.375 e. The molecular formula is C10H14ClNO. The van der Waals surface area contributed by atoms with Crippen LogP contribution in [-0.2, 0) is 11.3 Å². The van der Waals surface area contributed by atoms with E-state index in [0.717, 1.165) is 5.56 Å². The molecule has 0 fully saturated rings. The predicted octanol–water partition coefficient (Wildman–Crippen LogP) is 1.77. The summed E-state index contributed by atoms with van der Waals surface area (Å²) in [6.45, 7) is 1.56. The van der Waals surface area contributed by atoms with Crippen LogP contribution in [0.1, 0.15) is 5.56 Å². The Bertz CT molecular complexity index is 228. The Hall–Kier alpha value is -0.570. The van der Waals surface area contributed by atoms with Crippen LogP contribution in [0.4, 0.5) is 0 Å². The molecule has 0 aliphatic heterocycles. The molecule has 1 rings (SSSR count). The maximum absolute atomic E-state index is 5.78. The summed E-state index contributed by atoms with van der Waals surface area (Å²) in [6, 6.07) is 9.99. The molecule has 0 amide bonds. The Morgan fingerprint density at radius 2 is 2.00 bits per heavy atom. The molecule has 0 bridgehead atoms. The standard InChI is InChI=1S/C10H14ClNO/c11-10(6-12)8-13-7-9-4-2-1-3-5-9/h1-5,10H,6-8,12H2/t10-/m1/s1. The minimum absolute atomic E-state index is 0.0799. The van der Waals surface area contributed by atoms with Gasteiger partial charge in [-0.15, -0.1) is 11.6 Å². The van der Waals surface area contributed by atoms with Crippen molar-refractivity contribution in [2.24, 2.45) is 5.73 Å². The van der Waals surface area contributed by atoms with Crippen molar-refractivity contribution in [3.8, 4) is 0 Å². The van der Waals surface area contributed by atoms with Gasteiger partial charge in [0.2, 0.25) is 0 Å². The maximum Gasteiger partial charge on any atom is 0.0717 e. The lowest BCUT2D eigenvalue weighted by Gasteiger charge is -2.07. The highest BCUT2D eigenvalue weighted by Gasteiger charge is 2.00. The summed E-state index contributed by atoms with van der Waals surface area (Å²) in [6.07, 6.45) is 0. The number of nitrogens with two attached hydrogens (primary N) is 1. The van der Waals surface area contributed by atoms with Crippen molar-refractivity contribution in [3.05, 3.63) is 35.9 Å². The van der Waals surface area contributed by atoms with Crippen LogP contribution in [0.2, 0.25) is 0 Å². The first-order chi connectivity index (χ1) is 6.33. The van der Waals surface area contributed by atoms with Gasteiger partial charge in [0.25, 0.3) is 0 Å². The minimum Gasteiger partial charge on any atom is -0.375 e. The van der Waals surface area contributed by atoms with E-state index in [1.807, 2.05) is 30.3 Å². The normalized spacial score (nSPS) is 12.8. The Balaban J connectivity index is 2.20. The van der Waals surface area contributed by atoms with Gasteiger partial charge >= 0.3 is 0 Å². The lowest BCUT2D eigenvalue weighted by molar-refractivity contribution is 0.122. The fourth-order valence-electron chi connectivity index (χ4n) is 0.947. The summed E-state index contributed by atoms with van der Waals surface area (Å²) >= 11 is 5.78. The van der Waals surface area contributed by atoms with Crippen LogP contribution in [0.5, 0.6) is 0 Å². The van der Waals surface area contributed by atoms with E-state index in [0.29, 0.717) is 19.8 Å². The molecule has 0 radical (unpaired) electrons. The first kappa shape index (κ1) is 10.5. The summed E-state index contributed by atoms with van der Waals surface area (Å²) in [4.78, 5) is 0. The molecule has 0 saturated carbocycles. The highest BCUT2D eigenvalue weighted by atomic mass is 35.5. The first-order valence-corrected chi connectivity index (χ1v) is 4.72. The van der Waals surface area contributed by atoms with Crippen LogP contribution in [0.3, 0.4) is 0 Å². The molecule has 0 aliphatic carbocycles. The van der Waals surface area contributed by atoms with Crippen LogP contribution >= 0.6 is 11.6 Å². The second-order valence-corrected chi connectivity index (χ2v) is 3.45. The van der Waals surface area contributed by atoms with Crippen LogP contribution < -0.4 is 5.73 Å². The Morgan fingerprint density at radius 1 is 1.31 bits per heavy atom. The van der Waals surface area contributed by atoms with Crippen molar-refractivity contribution in [1.82, 2.24) is 0 Å².